The number of hydrogen-bond acceptors (Lipinski definition) is 5. The van der Waals surface area contributed by atoms with E-state index in [1.165, 1.54) is 70.2 Å². The van der Waals surface area contributed by atoms with Gasteiger partial charge in [-0.2, -0.15) is 0 Å². The first-order valence-electron chi connectivity index (χ1n) is 14.3. The molecule has 6 nitrogen and oxygen atoms in total. The van der Waals surface area contributed by atoms with Crippen LogP contribution in [0, 0.1) is 17.3 Å². The van der Waals surface area contributed by atoms with Gasteiger partial charge in [0.25, 0.3) is 0 Å². The number of allylic oxidation sites excluding steroid dienone is 2. The zero-order chi connectivity index (χ0) is 25.8. The number of Topliss-reactive ketones (excluding diaryl/α,β-unsaturated/α-hetero) is 1. The fourth-order valence-corrected chi connectivity index (χ4v) is 6.81. The van der Waals surface area contributed by atoms with E-state index in [1.807, 2.05) is 12.1 Å². The monoisotopic (exact) mass is 503 g/mol. The van der Waals surface area contributed by atoms with Crippen LogP contribution in [0.25, 0.3) is 5.57 Å². The average Bonchev–Trinajstić information content (AvgIpc) is 3.31. The standard InChI is InChI=1S/C31H41N3O3/c1-22(35)27-9-7-25(19-28(27)32-16-12-24-8-10-29(36)33-30(24)37)26-11-13-31(20-26)14-17-34(18-15-31)21-23-5-3-2-4-6-23/h7,9,11,16,19,23-24H,2-6,8,10,12-15,17-18,20-21H2,1H3,(H,33,36,37). The molecule has 1 spiro atoms. The second kappa shape index (κ2) is 11.4. The zero-order valence-corrected chi connectivity index (χ0v) is 22.3. The van der Waals surface area contributed by atoms with Crippen LogP contribution in [-0.2, 0) is 9.59 Å². The van der Waals surface area contributed by atoms with Crippen LogP contribution in [0.3, 0.4) is 0 Å². The number of carbonyl (C=O) groups is 3. The van der Waals surface area contributed by atoms with Crippen molar-refractivity contribution in [2.24, 2.45) is 22.2 Å². The number of hydrogen-bond donors (Lipinski definition) is 1. The van der Waals surface area contributed by atoms with Gasteiger partial charge in [-0.1, -0.05) is 31.4 Å². The molecule has 6 heteroatoms. The summed E-state index contributed by atoms with van der Waals surface area (Å²) in [6.07, 6.45) is 17.4. The minimum absolute atomic E-state index is 0.0121. The van der Waals surface area contributed by atoms with Crippen LogP contribution >= 0.6 is 0 Å². The number of piperidine rings is 2. The lowest BCUT2D eigenvalue weighted by molar-refractivity contribution is -0.136. The second-order valence-electron chi connectivity index (χ2n) is 11.9. The molecule has 3 fully saturated rings. The Morgan fingerprint density at radius 1 is 1.14 bits per heavy atom. The minimum atomic E-state index is -0.244. The molecule has 2 amide bonds. The summed E-state index contributed by atoms with van der Waals surface area (Å²) in [5.41, 5.74) is 4.18. The largest absolute Gasteiger partial charge is 0.303 e. The summed E-state index contributed by atoms with van der Waals surface area (Å²) in [6, 6.07) is 6.01. The maximum Gasteiger partial charge on any atom is 0.230 e. The number of benzene rings is 1. The van der Waals surface area contributed by atoms with Gasteiger partial charge in [0.05, 0.1) is 5.69 Å². The molecule has 1 N–H and O–H groups in total. The summed E-state index contributed by atoms with van der Waals surface area (Å²) >= 11 is 0. The van der Waals surface area contributed by atoms with Gasteiger partial charge in [0.15, 0.2) is 5.78 Å². The Labute approximate surface area is 221 Å². The number of aliphatic imine (C=N–C) groups is 1. The maximum absolute atomic E-state index is 12.3. The van der Waals surface area contributed by atoms with Gasteiger partial charge in [-0.05, 0) is 106 Å². The van der Waals surface area contributed by atoms with Crippen LogP contribution in [0.15, 0.2) is 29.3 Å². The predicted octanol–water partition coefficient (Wildman–Crippen LogP) is 5.87. The summed E-state index contributed by atoms with van der Waals surface area (Å²) in [4.78, 5) is 43.1. The normalized spacial score (nSPS) is 25.0. The highest BCUT2D eigenvalue weighted by Crippen LogP contribution is 2.49. The molecule has 198 valence electrons. The number of amides is 2. The van der Waals surface area contributed by atoms with Gasteiger partial charge >= 0.3 is 0 Å². The van der Waals surface area contributed by atoms with Crippen molar-refractivity contribution in [1.82, 2.24) is 10.2 Å². The molecule has 1 saturated carbocycles. The van der Waals surface area contributed by atoms with Crippen LogP contribution < -0.4 is 5.32 Å². The smallest absolute Gasteiger partial charge is 0.230 e. The molecule has 1 atom stereocenters. The number of carbonyl (C=O) groups excluding carboxylic acids is 3. The summed E-state index contributed by atoms with van der Waals surface area (Å²) in [7, 11) is 0. The molecule has 4 aliphatic rings. The Bertz CT molecular complexity index is 1090. The second-order valence-corrected chi connectivity index (χ2v) is 11.9. The number of ketones is 1. The van der Waals surface area contributed by atoms with Crippen LogP contribution in [0.4, 0.5) is 5.69 Å². The highest BCUT2D eigenvalue weighted by Gasteiger charge is 2.38. The molecule has 2 aliphatic heterocycles. The first kappa shape index (κ1) is 26.0. The molecule has 1 unspecified atom stereocenters. The van der Waals surface area contributed by atoms with Crippen LogP contribution in [0.2, 0.25) is 0 Å². The Morgan fingerprint density at radius 2 is 1.92 bits per heavy atom. The first-order chi connectivity index (χ1) is 17.9. The van der Waals surface area contributed by atoms with Gasteiger partial charge in [0.2, 0.25) is 11.8 Å². The molecule has 2 heterocycles. The van der Waals surface area contributed by atoms with Crippen LogP contribution in [0.5, 0.6) is 0 Å². The number of imide groups is 1. The van der Waals surface area contributed by atoms with E-state index in [4.69, 9.17) is 0 Å². The highest BCUT2D eigenvalue weighted by atomic mass is 16.2. The van der Waals surface area contributed by atoms with E-state index in [0.29, 0.717) is 35.9 Å². The Morgan fingerprint density at radius 3 is 2.65 bits per heavy atom. The third kappa shape index (κ3) is 6.28. The van der Waals surface area contributed by atoms with Crippen LogP contribution in [-0.4, -0.2) is 48.3 Å². The zero-order valence-electron chi connectivity index (χ0n) is 22.3. The Kier molecular flexibility index (Phi) is 8.04. The van der Waals surface area contributed by atoms with Crippen molar-refractivity contribution < 1.29 is 14.4 Å². The van der Waals surface area contributed by atoms with Crippen molar-refractivity contribution in [3.8, 4) is 0 Å². The third-order valence-electron chi connectivity index (χ3n) is 9.23. The van der Waals surface area contributed by atoms with Crippen molar-refractivity contribution in [2.45, 2.75) is 84.0 Å². The van der Waals surface area contributed by atoms with Gasteiger partial charge < -0.3 is 4.90 Å². The Balaban J connectivity index is 1.21. The fourth-order valence-electron chi connectivity index (χ4n) is 6.81. The average molecular weight is 504 g/mol. The minimum Gasteiger partial charge on any atom is -0.303 e. The molecule has 0 aromatic heterocycles. The molecule has 5 rings (SSSR count). The molecule has 37 heavy (non-hydrogen) atoms. The van der Waals surface area contributed by atoms with Gasteiger partial charge in [-0.25, -0.2) is 0 Å². The van der Waals surface area contributed by atoms with Crippen molar-refractivity contribution in [2.75, 3.05) is 19.6 Å². The summed E-state index contributed by atoms with van der Waals surface area (Å²) in [6.45, 7) is 5.30. The molecule has 1 aromatic carbocycles. The van der Waals surface area contributed by atoms with E-state index < -0.39 is 0 Å². The molecule has 0 bridgehead atoms. The number of rotatable bonds is 7. The number of nitrogens with one attached hydrogen (secondary N) is 1. The molecular formula is C31H41N3O3. The van der Waals surface area contributed by atoms with Crippen molar-refractivity contribution >= 4 is 35.1 Å². The number of likely N-dealkylation sites (tertiary alicyclic amines) is 1. The Hall–Kier alpha value is -2.60. The SMILES string of the molecule is CC(=O)c1ccc(C2=CCC3(CCN(CC4CCCCC4)CC3)C2)cc1N=CCC1CCC(=O)NC1=O. The predicted molar refractivity (Wildman–Crippen MR) is 147 cm³/mol. The topological polar surface area (TPSA) is 78.8 Å². The molecule has 2 aliphatic carbocycles. The van der Waals surface area contributed by atoms with Gasteiger partial charge in [0, 0.05) is 30.7 Å². The van der Waals surface area contributed by atoms with E-state index in [2.05, 4.69) is 27.4 Å². The van der Waals surface area contributed by atoms with E-state index >= 15 is 0 Å². The lowest BCUT2D eigenvalue weighted by Crippen LogP contribution is -2.41. The van der Waals surface area contributed by atoms with E-state index in [1.54, 1.807) is 13.1 Å². The first-order valence-corrected chi connectivity index (χ1v) is 14.3. The van der Waals surface area contributed by atoms with E-state index in [0.717, 1.165) is 24.3 Å². The lowest BCUT2D eigenvalue weighted by atomic mass is 9.75. The van der Waals surface area contributed by atoms with Gasteiger partial charge in [-0.3, -0.25) is 24.7 Å². The molecule has 0 radical (unpaired) electrons. The van der Waals surface area contributed by atoms with Crippen molar-refractivity contribution in [3.63, 3.8) is 0 Å². The lowest BCUT2D eigenvalue weighted by Gasteiger charge is -2.41. The molecule has 2 saturated heterocycles. The third-order valence-corrected chi connectivity index (χ3v) is 9.23. The maximum atomic E-state index is 12.3. The van der Waals surface area contributed by atoms with Crippen LogP contribution in [0.1, 0.15) is 99.9 Å². The summed E-state index contributed by atoms with van der Waals surface area (Å²) in [5.74, 6) is 0.222. The summed E-state index contributed by atoms with van der Waals surface area (Å²) < 4.78 is 0. The van der Waals surface area contributed by atoms with Crippen molar-refractivity contribution in [3.05, 3.63) is 35.4 Å². The summed E-state index contributed by atoms with van der Waals surface area (Å²) in [5, 5.41) is 2.40. The van der Waals surface area contributed by atoms with E-state index in [-0.39, 0.29) is 23.5 Å². The van der Waals surface area contributed by atoms with Crippen molar-refractivity contribution in [1.29, 1.82) is 0 Å². The molecular weight excluding hydrogens is 462 g/mol. The number of nitrogens with zero attached hydrogens (tertiary/aromatic N) is 2. The van der Waals surface area contributed by atoms with Gasteiger partial charge in [0.1, 0.15) is 0 Å². The molecule has 1 aromatic rings. The highest BCUT2D eigenvalue weighted by molar-refractivity contribution is 6.01. The van der Waals surface area contributed by atoms with Gasteiger partial charge in [-0.15, -0.1) is 0 Å². The fraction of sp³-hybridized carbons (Fsp3) is 0.613. The quantitative estimate of drug-likeness (QED) is 0.287. The van der Waals surface area contributed by atoms with E-state index in [9.17, 15) is 14.4 Å².